The standard InChI is InChI=1S/C27H33ClN6O3/c1-27(2,3)37-26(36)34-14-17(15-34)25(35)32-19-8-6-18(7-9-19)31-23-12-16(11-22(28)33-23)21-13-30-24-20(21)5-4-10-29-24/h4-5,10-13,17-19H,6-9,14-15H2,1-3H3,(H,29,30)(H,31,33)(H,32,35)/t18-,19-. The number of aromatic nitrogens is 3. The number of halogens is 1. The summed E-state index contributed by atoms with van der Waals surface area (Å²) < 4.78 is 5.37. The van der Waals surface area contributed by atoms with Gasteiger partial charge in [-0.1, -0.05) is 11.6 Å². The second-order valence-electron chi connectivity index (χ2n) is 10.9. The Morgan fingerprint density at radius 3 is 2.59 bits per heavy atom. The van der Waals surface area contributed by atoms with Gasteiger partial charge >= 0.3 is 6.09 Å². The first-order chi connectivity index (χ1) is 17.6. The van der Waals surface area contributed by atoms with Crippen molar-refractivity contribution in [3.8, 4) is 11.1 Å². The molecule has 0 spiro atoms. The maximum absolute atomic E-state index is 12.7. The third-order valence-corrected chi connectivity index (χ3v) is 7.08. The van der Waals surface area contributed by atoms with E-state index < -0.39 is 5.60 Å². The molecular weight excluding hydrogens is 492 g/mol. The number of fused-ring (bicyclic) bond motifs is 1. The van der Waals surface area contributed by atoms with Gasteiger partial charge in [0.15, 0.2) is 0 Å². The quantitative estimate of drug-likeness (QED) is 0.406. The molecule has 1 aliphatic carbocycles. The Morgan fingerprint density at radius 1 is 1.14 bits per heavy atom. The van der Waals surface area contributed by atoms with E-state index >= 15 is 0 Å². The van der Waals surface area contributed by atoms with Crippen LogP contribution < -0.4 is 10.6 Å². The summed E-state index contributed by atoms with van der Waals surface area (Å²) in [6.45, 7) is 6.33. The van der Waals surface area contributed by atoms with Crippen LogP contribution in [0.3, 0.4) is 0 Å². The van der Waals surface area contributed by atoms with Gasteiger partial charge in [-0.05, 0) is 76.3 Å². The minimum absolute atomic E-state index is 0.0191. The molecule has 5 rings (SSSR count). The molecule has 2 aliphatic rings. The summed E-state index contributed by atoms with van der Waals surface area (Å²) in [7, 11) is 0. The van der Waals surface area contributed by atoms with Crippen molar-refractivity contribution in [1.82, 2.24) is 25.2 Å². The first-order valence-corrected chi connectivity index (χ1v) is 13.2. The fraction of sp³-hybridized carbons (Fsp3) is 0.481. The maximum atomic E-state index is 12.7. The van der Waals surface area contributed by atoms with Crippen molar-refractivity contribution in [3.05, 3.63) is 41.8 Å². The number of hydrogen-bond acceptors (Lipinski definition) is 6. The lowest BCUT2D eigenvalue weighted by molar-refractivity contribution is -0.130. The molecule has 1 saturated heterocycles. The van der Waals surface area contributed by atoms with E-state index in [1.165, 1.54) is 0 Å². The highest BCUT2D eigenvalue weighted by Gasteiger charge is 2.38. The molecule has 3 N–H and O–H groups in total. The van der Waals surface area contributed by atoms with Crippen molar-refractivity contribution in [1.29, 1.82) is 0 Å². The minimum Gasteiger partial charge on any atom is -0.444 e. The largest absolute Gasteiger partial charge is 0.444 e. The fourth-order valence-corrected chi connectivity index (χ4v) is 5.16. The zero-order valence-electron chi connectivity index (χ0n) is 21.4. The maximum Gasteiger partial charge on any atom is 0.410 e. The van der Waals surface area contributed by atoms with Crippen molar-refractivity contribution < 1.29 is 14.3 Å². The summed E-state index contributed by atoms with van der Waals surface area (Å²) in [6.07, 6.45) is 6.94. The van der Waals surface area contributed by atoms with Gasteiger partial charge in [-0.3, -0.25) is 4.79 Å². The summed E-state index contributed by atoms with van der Waals surface area (Å²) in [6, 6.07) is 8.22. The second kappa shape index (κ2) is 10.2. The summed E-state index contributed by atoms with van der Waals surface area (Å²) in [5.74, 6) is 0.590. The Labute approximate surface area is 221 Å². The highest BCUT2D eigenvalue weighted by Crippen LogP contribution is 2.32. The molecule has 10 heteroatoms. The van der Waals surface area contributed by atoms with Gasteiger partial charge in [0.05, 0.1) is 5.92 Å². The van der Waals surface area contributed by atoms with E-state index in [0.717, 1.165) is 53.7 Å². The normalized spacial score (nSPS) is 20.4. The molecule has 2 fully saturated rings. The van der Waals surface area contributed by atoms with Gasteiger partial charge in [-0.15, -0.1) is 0 Å². The number of carbonyl (C=O) groups excluding carboxylic acids is 2. The van der Waals surface area contributed by atoms with Gasteiger partial charge in [0.25, 0.3) is 0 Å². The summed E-state index contributed by atoms with van der Waals surface area (Å²) in [4.78, 5) is 38.4. The second-order valence-corrected chi connectivity index (χ2v) is 11.3. The van der Waals surface area contributed by atoms with Crippen molar-refractivity contribution in [3.63, 3.8) is 0 Å². The number of ether oxygens (including phenoxy) is 1. The van der Waals surface area contributed by atoms with Gasteiger partial charge in [-0.2, -0.15) is 0 Å². The molecule has 4 heterocycles. The molecule has 3 aromatic rings. The number of nitrogens with one attached hydrogen (secondary N) is 3. The smallest absolute Gasteiger partial charge is 0.410 e. The molecule has 0 aromatic carbocycles. The van der Waals surface area contributed by atoms with Gasteiger partial charge < -0.3 is 25.3 Å². The fourth-order valence-electron chi connectivity index (χ4n) is 4.95. The molecule has 0 radical (unpaired) electrons. The average molecular weight is 525 g/mol. The molecule has 0 bridgehead atoms. The third-order valence-electron chi connectivity index (χ3n) is 6.89. The number of carbonyl (C=O) groups is 2. The van der Waals surface area contributed by atoms with E-state index in [1.54, 1.807) is 11.1 Å². The van der Waals surface area contributed by atoms with E-state index in [1.807, 2.05) is 51.2 Å². The summed E-state index contributed by atoms with van der Waals surface area (Å²) in [5, 5.41) is 8.18. The van der Waals surface area contributed by atoms with E-state index in [2.05, 4.69) is 25.6 Å². The van der Waals surface area contributed by atoms with Crippen LogP contribution in [0.15, 0.2) is 36.7 Å². The van der Waals surface area contributed by atoms with Crippen LogP contribution in [0.2, 0.25) is 5.15 Å². The highest BCUT2D eigenvalue weighted by molar-refractivity contribution is 6.29. The Bertz CT molecular complexity index is 1290. The number of rotatable bonds is 5. The molecule has 1 aliphatic heterocycles. The molecule has 37 heavy (non-hydrogen) atoms. The predicted octanol–water partition coefficient (Wildman–Crippen LogP) is 4.98. The van der Waals surface area contributed by atoms with E-state index in [-0.39, 0.29) is 30.0 Å². The number of likely N-dealkylation sites (tertiary alicyclic amines) is 1. The van der Waals surface area contributed by atoms with Crippen molar-refractivity contribution in [2.45, 2.75) is 64.1 Å². The minimum atomic E-state index is -0.535. The van der Waals surface area contributed by atoms with Crippen LogP contribution in [0, 0.1) is 5.92 Å². The lowest BCUT2D eigenvalue weighted by atomic mass is 9.90. The number of anilines is 1. The highest BCUT2D eigenvalue weighted by atomic mass is 35.5. The van der Waals surface area contributed by atoms with Gasteiger partial charge in [0.1, 0.15) is 22.2 Å². The first-order valence-electron chi connectivity index (χ1n) is 12.8. The molecule has 196 valence electrons. The van der Waals surface area contributed by atoms with E-state index in [9.17, 15) is 9.59 Å². The van der Waals surface area contributed by atoms with Gasteiger partial charge in [0.2, 0.25) is 5.91 Å². The van der Waals surface area contributed by atoms with Crippen molar-refractivity contribution in [2.24, 2.45) is 5.92 Å². The number of aromatic amines is 1. The van der Waals surface area contributed by atoms with Crippen LogP contribution >= 0.6 is 11.6 Å². The zero-order chi connectivity index (χ0) is 26.2. The van der Waals surface area contributed by atoms with Crippen LogP contribution in [0.4, 0.5) is 10.6 Å². The summed E-state index contributed by atoms with van der Waals surface area (Å²) in [5.41, 5.74) is 2.30. The molecule has 0 unspecified atom stereocenters. The molecule has 2 amide bonds. The van der Waals surface area contributed by atoms with Crippen LogP contribution in [-0.4, -0.2) is 62.6 Å². The third kappa shape index (κ3) is 5.98. The Morgan fingerprint density at radius 2 is 1.86 bits per heavy atom. The lowest BCUT2D eigenvalue weighted by Gasteiger charge is -2.40. The Balaban J connectivity index is 1.11. The number of hydrogen-bond donors (Lipinski definition) is 3. The predicted molar refractivity (Wildman–Crippen MR) is 143 cm³/mol. The van der Waals surface area contributed by atoms with Gasteiger partial charge in [-0.25, -0.2) is 14.8 Å². The van der Waals surface area contributed by atoms with Crippen LogP contribution in [0.1, 0.15) is 46.5 Å². The molecule has 1 saturated carbocycles. The number of pyridine rings is 2. The number of amides is 2. The SMILES string of the molecule is CC(C)(C)OC(=O)N1CC(C(=O)N[C@H]2CC[C@H](Nc3cc(-c4c[nH]c5ncccc45)cc(Cl)n3)CC2)C1. The molecule has 0 atom stereocenters. The summed E-state index contributed by atoms with van der Waals surface area (Å²) >= 11 is 6.37. The van der Waals surface area contributed by atoms with Crippen LogP contribution in [0.25, 0.3) is 22.2 Å². The monoisotopic (exact) mass is 524 g/mol. The topological polar surface area (TPSA) is 112 Å². The number of H-pyrrole nitrogens is 1. The molecule has 9 nitrogen and oxygen atoms in total. The van der Waals surface area contributed by atoms with Crippen LogP contribution in [-0.2, 0) is 9.53 Å². The Hall–Kier alpha value is -3.33. The first kappa shape index (κ1) is 25.3. The van der Waals surface area contributed by atoms with Gasteiger partial charge in [0, 0.05) is 48.5 Å². The average Bonchev–Trinajstić information content (AvgIpc) is 3.22. The van der Waals surface area contributed by atoms with E-state index in [4.69, 9.17) is 16.3 Å². The zero-order valence-corrected chi connectivity index (χ0v) is 22.1. The lowest BCUT2D eigenvalue weighted by Crippen LogP contribution is -2.58. The van der Waals surface area contributed by atoms with E-state index in [0.29, 0.717) is 18.2 Å². The number of nitrogens with zero attached hydrogens (tertiary/aromatic N) is 3. The van der Waals surface area contributed by atoms with Crippen molar-refractivity contribution >= 4 is 40.5 Å². The Kier molecular flexibility index (Phi) is 6.98. The van der Waals surface area contributed by atoms with Crippen LogP contribution in [0.5, 0.6) is 0 Å². The van der Waals surface area contributed by atoms with Crippen molar-refractivity contribution in [2.75, 3.05) is 18.4 Å². The molecule has 3 aromatic heterocycles. The molecular formula is C27H33ClN6O3.